The van der Waals surface area contributed by atoms with E-state index in [2.05, 4.69) is 16.0 Å². The van der Waals surface area contributed by atoms with E-state index in [1.54, 1.807) is 7.11 Å². The number of carbonyl (C=O) groups is 1. The number of piperidine rings is 2. The van der Waals surface area contributed by atoms with Crippen LogP contribution in [0.1, 0.15) is 37.3 Å². The molecule has 23 heavy (non-hydrogen) atoms. The summed E-state index contributed by atoms with van der Waals surface area (Å²) in [4.78, 5) is 19.6. The summed E-state index contributed by atoms with van der Waals surface area (Å²) in [5, 5.41) is 9.03. The Morgan fingerprint density at radius 1 is 1.17 bits per heavy atom. The summed E-state index contributed by atoms with van der Waals surface area (Å²) in [6, 6.07) is 6.52. The normalized spacial score (nSPS) is 21.3. The maximum Gasteiger partial charge on any atom is 0.407 e. The van der Waals surface area contributed by atoms with Gasteiger partial charge >= 0.3 is 6.09 Å². The standard InChI is InChI=1S/C17H25N3O3/c1-23-16-4-2-3-15(18-16)13-5-9-19(10-6-13)14-7-11-20(12-8-14)17(21)22/h2-4,13-14H,5-12H2,1H3,(H,21,22). The number of pyridine rings is 1. The minimum absolute atomic E-state index is 0.500. The van der Waals surface area contributed by atoms with Gasteiger partial charge in [-0.05, 0) is 44.8 Å². The van der Waals surface area contributed by atoms with Crippen molar-refractivity contribution >= 4 is 6.09 Å². The fourth-order valence-electron chi connectivity index (χ4n) is 3.75. The van der Waals surface area contributed by atoms with Crippen LogP contribution in [0.4, 0.5) is 4.79 Å². The molecule has 6 nitrogen and oxygen atoms in total. The third-order valence-electron chi connectivity index (χ3n) is 5.15. The predicted octanol–water partition coefficient (Wildman–Crippen LogP) is 2.41. The Hall–Kier alpha value is -1.82. The molecule has 0 unspecified atom stereocenters. The summed E-state index contributed by atoms with van der Waals surface area (Å²) >= 11 is 0. The fourth-order valence-corrected chi connectivity index (χ4v) is 3.75. The monoisotopic (exact) mass is 319 g/mol. The van der Waals surface area contributed by atoms with E-state index in [0.29, 0.717) is 30.9 Å². The predicted molar refractivity (Wildman–Crippen MR) is 87.0 cm³/mol. The fraction of sp³-hybridized carbons (Fsp3) is 0.647. The van der Waals surface area contributed by atoms with Crippen molar-refractivity contribution in [3.63, 3.8) is 0 Å². The van der Waals surface area contributed by atoms with Gasteiger partial charge in [-0.25, -0.2) is 9.78 Å². The number of likely N-dealkylation sites (tertiary alicyclic amines) is 2. The molecule has 3 rings (SSSR count). The molecule has 2 fully saturated rings. The van der Waals surface area contributed by atoms with Crippen LogP contribution in [0.3, 0.4) is 0 Å². The Bertz CT molecular complexity index is 536. The second kappa shape index (κ2) is 7.17. The van der Waals surface area contributed by atoms with Gasteiger partial charge in [0.25, 0.3) is 0 Å². The Kier molecular flexibility index (Phi) is 5.00. The van der Waals surface area contributed by atoms with E-state index in [9.17, 15) is 4.79 Å². The van der Waals surface area contributed by atoms with Crippen LogP contribution in [-0.2, 0) is 0 Å². The van der Waals surface area contributed by atoms with E-state index in [4.69, 9.17) is 9.84 Å². The van der Waals surface area contributed by atoms with Crippen molar-refractivity contribution in [2.45, 2.75) is 37.6 Å². The lowest BCUT2D eigenvalue weighted by atomic mass is 9.91. The molecule has 0 aromatic carbocycles. The molecule has 0 aliphatic carbocycles. The van der Waals surface area contributed by atoms with Gasteiger partial charge in [-0.2, -0.15) is 0 Å². The van der Waals surface area contributed by atoms with Crippen LogP contribution in [0.25, 0.3) is 0 Å². The van der Waals surface area contributed by atoms with Crippen LogP contribution in [0.15, 0.2) is 18.2 Å². The lowest BCUT2D eigenvalue weighted by Gasteiger charge is -2.41. The van der Waals surface area contributed by atoms with Crippen LogP contribution < -0.4 is 4.74 Å². The van der Waals surface area contributed by atoms with Gasteiger partial charge in [-0.3, -0.25) is 0 Å². The number of rotatable bonds is 3. The highest BCUT2D eigenvalue weighted by atomic mass is 16.5. The second-order valence-electron chi connectivity index (χ2n) is 6.42. The number of aromatic nitrogens is 1. The topological polar surface area (TPSA) is 65.9 Å². The molecule has 1 N–H and O–H groups in total. The maximum absolute atomic E-state index is 11.0. The molecule has 1 aromatic heterocycles. The van der Waals surface area contributed by atoms with Crippen LogP contribution >= 0.6 is 0 Å². The maximum atomic E-state index is 11.0. The summed E-state index contributed by atoms with van der Waals surface area (Å²) < 4.78 is 5.22. The van der Waals surface area contributed by atoms with Crippen LogP contribution in [-0.4, -0.2) is 65.3 Å². The molecule has 126 valence electrons. The molecule has 2 aliphatic heterocycles. The average Bonchev–Trinajstić information content (AvgIpc) is 2.62. The van der Waals surface area contributed by atoms with Crippen molar-refractivity contribution in [1.82, 2.24) is 14.8 Å². The highest BCUT2D eigenvalue weighted by Crippen LogP contribution is 2.30. The first-order valence-electron chi connectivity index (χ1n) is 8.40. The van der Waals surface area contributed by atoms with Gasteiger partial charge in [0.1, 0.15) is 0 Å². The van der Waals surface area contributed by atoms with E-state index in [1.165, 1.54) is 4.90 Å². The number of ether oxygens (including phenoxy) is 1. The van der Waals surface area contributed by atoms with Crippen molar-refractivity contribution in [3.8, 4) is 5.88 Å². The van der Waals surface area contributed by atoms with Crippen molar-refractivity contribution in [1.29, 1.82) is 0 Å². The van der Waals surface area contributed by atoms with E-state index < -0.39 is 6.09 Å². The van der Waals surface area contributed by atoms with Gasteiger partial charge < -0.3 is 19.6 Å². The first-order chi connectivity index (χ1) is 11.2. The molecule has 0 radical (unpaired) electrons. The number of hydrogen-bond acceptors (Lipinski definition) is 4. The molecular formula is C17H25N3O3. The molecule has 3 heterocycles. The summed E-state index contributed by atoms with van der Waals surface area (Å²) in [7, 11) is 1.65. The first-order valence-corrected chi connectivity index (χ1v) is 8.40. The number of hydrogen-bond donors (Lipinski definition) is 1. The smallest absolute Gasteiger partial charge is 0.407 e. The molecule has 1 amide bonds. The minimum Gasteiger partial charge on any atom is -0.481 e. The summed E-state index contributed by atoms with van der Waals surface area (Å²) in [6.45, 7) is 3.47. The second-order valence-corrected chi connectivity index (χ2v) is 6.42. The molecule has 6 heteroatoms. The Morgan fingerprint density at radius 2 is 1.87 bits per heavy atom. The Labute approximate surface area is 137 Å². The van der Waals surface area contributed by atoms with Crippen molar-refractivity contribution in [3.05, 3.63) is 23.9 Å². The van der Waals surface area contributed by atoms with Crippen molar-refractivity contribution < 1.29 is 14.6 Å². The van der Waals surface area contributed by atoms with E-state index in [0.717, 1.165) is 44.5 Å². The molecule has 0 saturated carbocycles. The SMILES string of the molecule is COc1cccc(C2CCN(C3CCN(C(=O)O)CC3)CC2)n1. The first kappa shape index (κ1) is 16.1. The van der Waals surface area contributed by atoms with Crippen molar-refractivity contribution in [2.24, 2.45) is 0 Å². The summed E-state index contributed by atoms with van der Waals surface area (Å²) in [5.41, 5.74) is 1.13. The largest absolute Gasteiger partial charge is 0.481 e. The number of amides is 1. The molecular weight excluding hydrogens is 294 g/mol. The quantitative estimate of drug-likeness (QED) is 0.927. The summed E-state index contributed by atoms with van der Waals surface area (Å²) in [5.74, 6) is 1.19. The zero-order valence-corrected chi connectivity index (χ0v) is 13.6. The lowest BCUT2D eigenvalue weighted by molar-refractivity contribution is 0.0808. The van der Waals surface area contributed by atoms with Crippen molar-refractivity contribution in [2.75, 3.05) is 33.3 Å². The Morgan fingerprint density at radius 3 is 2.48 bits per heavy atom. The highest BCUT2D eigenvalue weighted by Gasteiger charge is 2.30. The van der Waals surface area contributed by atoms with E-state index >= 15 is 0 Å². The summed E-state index contributed by atoms with van der Waals surface area (Å²) in [6.07, 6.45) is 3.34. The zero-order valence-electron chi connectivity index (χ0n) is 13.6. The molecule has 1 aromatic rings. The van der Waals surface area contributed by atoms with Crippen LogP contribution in [0, 0.1) is 0 Å². The van der Waals surface area contributed by atoms with Crippen LogP contribution in [0.2, 0.25) is 0 Å². The van der Waals surface area contributed by atoms with Gasteiger partial charge in [-0.1, -0.05) is 6.07 Å². The lowest BCUT2D eigenvalue weighted by Crippen LogP contribution is -2.48. The average molecular weight is 319 g/mol. The molecule has 0 spiro atoms. The molecule has 0 atom stereocenters. The number of nitrogens with zero attached hydrogens (tertiary/aromatic N) is 3. The third-order valence-corrected chi connectivity index (χ3v) is 5.15. The van der Waals surface area contributed by atoms with Gasteiger partial charge in [0.05, 0.1) is 7.11 Å². The minimum atomic E-state index is -0.786. The highest BCUT2D eigenvalue weighted by molar-refractivity contribution is 5.65. The number of carboxylic acid groups (broad SMARTS) is 1. The zero-order chi connectivity index (χ0) is 16.2. The van der Waals surface area contributed by atoms with E-state index in [1.807, 2.05) is 12.1 Å². The molecule has 0 bridgehead atoms. The van der Waals surface area contributed by atoms with Gasteiger partial charge in [0.15, 0.2) is 0 Å². The van der Waals surface area contributed by atoms with Gasteiger partial charge in [0.2, 0.25) is 5.88 Å². The third kappa shape index (κ3) is 3.75. The van der Waals surface area contributed by atoms with Gasteiger partial charge in [0, 0.05) is 36.8 Å². The van der Waals surface area contributed by atoms with E-state index in [-0.39, 0.29) is 0 Å². The van der Waals surface area contributed by atoms with Gasteiger partial charge in [-0.15, -0.1) is 0 Å². The Balaban J connectivity index is 1.51. The molecule has 2 aliphatic rings. The number of methoxy groups -OCH3 is 1. The van der Waals surface area contributed by atoms with Crippen LogP contribution in [0.5, 0.6) is 5.88 Å². The molecule has 2 saturated heterocycles.